The first-order valence-electron chi connectivity index (χ1n) is 8.41. The zero-order valence-electron chi connectivity index (χ0n) is 13.8. The van der Waals surface area contributed by atoms with Crippen molar-refractivity contribution in [3.05, 3.63) is 11.4 Å². The smallest absolute Gasteiger partial charge is 0.227 e. The Balaban J connectivity index is 1.65. The summed E-state index contributed by atoms with van der Waals surface area (Å²) in [4.78, 5) is 12.6. The second kappa shape index (κ2) is 6.98. The molecule has 1 aliphatic carbocycles. The molecule has 23 heavy (non-hydrogen) atoms. The molecule has 2 aliphatic rings. The number of anilines is 1. The largest absolute Gasteiger partial charge is 0.394 e. The first-order chi connectivity index (χ1) is 11.1. The molecule has 1 amide bonds. The Bertz CT molecular complexity index is 572. The summed E-state index contributed by atoms with van der Waals surface area (Å²) in [6.07, 6.45) is 2.86. The first-order valence-corrected chi connectivity index (χ1v) is 8.41. The number of rotatable bonds is 4. The van der Waals surface area contributed by atoms with E-state index in [9.17, 15) is 4.79 Å². The normalized spacial score (nSPS) is 27.5. The van der Waals surface area contributed by atoms with Crippen molar-refractivity contribution in [2.24, 2.45) is 5.92 Å². The van der Waals surface area contributed by atoms with Crippen molar-refractivity contribution in [3.8, 4) is 0 Å². The van der Waals surface area contributed by atoms with Crippen LogP contribution in [-0.4, -0.2) is 52.7 Å². The number of aromatic nitrogens is 2. The summed E-state index contributed by atoms with van der Waals surface area (Å²) in [5.41, 5.74) is 2.45. The molecular formula is C16H26N4O3. The maximum atomic E-state index is 12.6. The fraction of sp³-hybridized carbons (Fsp3) is 0.750. The van der Waals surface area contributed by atoms with Gasteiger partial charge in [0.25, 0.3) is 0 Å². The van der Waals surface area contributed by atoms with E-state index in [4.69, 9.17) is 9.84 Å². The van der Waals surface area contributed by atoms with Crippen LogP contribution < -0.4 is 10.6 Å². The van der Waals surface area contributed by atoms with E-state index in [2.05, 4.69) is 15.7 Å². The number of carbonyl (C=O) groups excluding carboxylic acids is 1. The molecule has 0 radical (unpaired) electrons. The van der Waals surface area contributed by atoms with Crippen LogP contribution in [0.1, 0.15) is 30.7 Å². The Kier molecular flexibility index (Phi) is 4.99. The lowest BCUT2D eigenvalue weighted by molar-refractivity contribution is -0.123. The van der Waals surface area contributed by atoms with Crippen molar-refractivity contribution in [1.82, 2.24) is 15.1 Å². The van der Waals surface area contributed by atoms with Gasteiger partial charge in [-0.3, -0.25) is 9.48 Å². The van der Waals surface area contributed by atoms with E-state index in [0.29, 0.717) is 6.54 Å². The maximum absolute atomic E-state index is 12.6. The highest BCUT2D eigenvalue weighted by Gasteiger charge is 2.36. The molecule has 0 spiro atoms. The van der Waals surface area contributed by atoms with Crippen LogP contribution in [0.2, 0.25) is 0 Å². The van der Waals surface area contributed by atoms with Gasteiger partial charge in [0, 0.05) is 18.5 Å². The number of amides is 1. The minimum absolute atomic E-state index is 0.00504. The van der Waals surface area contributed by atoms with Crippen molar-refractivity contribution in [2.45, 2.75) is 51.8 Å². The van der Waals surface area contributed by atoms with Crippen molar-refractivity contribution in [2.75, 3.05) is 25.1 Å². The summed E-state index contributed by atoms with van der Waals surface area (Å²) in [6, 6.07) is 0.285. The number of nitrogens with zero attached hydrogens (tertiary/aromatic N) is 2. The predicted molar refractivity (Wildman–Crippen MR) is 86.3 cm³/mol. The second-order valence-corrected chi connectivity index (χ2v) is 6.46. The summed E-state index contributed by atoms with van der Waals surface area (Å²) in [5, 5.41) is 20.0. The summed E-state index contributed by atoms with van der Waals surface area (Å²) in [5.74, 6) is 0.0658. The van der Waals surface area contributed by atoms with E-state index in [1.165, 1.54) is 0 Å². The molecule has 1 aromatic rings. The minimum Gasteiger partial charge on any atom is -0.394 e. The molecule has 7 nitrogen and oxygen atoms in total. The first kappa shape index (κ1) is 16.4. The standard InChI is InChI=1S/C16H26N4O3/c1-10-15(11(2)20(19-10)6-7-21)18-16(22)12-3-4-14-13(9-12)17-5-8-23-14/h12-14,17,21H,3-9H2,1-2H3,(H,18,22)/t12-,13+,14+/m0/s1. The van der Waals surface area contributed by atoms with Crippen LogP contribution in [0, 0.1) is 19.8 Å². The van der Waals surface area contributed by atoms with Gasteiger partial charge in [-0.05, 0) is 33.1 Å². The number of aryl methyl sites for hydroxylation is 1. The highest BCUT2D eigenvalue weighted by molar-refractivity contribution is 5.93. The zero-order chi connectivity index (χ0) is 16.4. The topological polar surface area (TPSA) is 88.4 Å². The quantitative estimate of drug-likeness (QED) is 0.755. The van der Waals surface area contributed by atoms with Gasteiger partial charge in [0.05, 0.1) is 42.9 Å². The van der Waals surface area contributed by atoms with Gasteiger partial charge in [-0.15, -0.1) is 0 Å². The van der Waals surface area contributed by atoms with Crippen LogP contribution in [0.25, 0.3) is 0 Å². The maximum Gasteiger partial charge on any atom is 0.227 e. The molecule has 1 saturated heterocycles. The highest BCUT2D eigenvalue weighted by Crippen LogP contribution is 2.30. The van der Waals surface area contributed by atoms with E-state index in [0.717, 1.165) is 49.5 Å². The molecule has 3 N–H and O–H groups in total. The molecule has 1 aliphatic heterocycles. The number of nitrogens with one attached hydrogen (secondary N) is 2. The van der Waals surface area contributed by atoms with E-state index in [-0.39, 0.29) is 30.6 Å². The predicted octanol–water partition coefficient (Wildman–Crippen LogP) is 0.588. The number of aliphatic hydroxyl groups is 1. The SMILES string of the molecule is Cc1nn(CCO)c(C)c1NC(=O)[C@H]1CC[C@H]2OCCN[C@@H]2C1. The highest BCUT2D eigenvalue weighted by atomic mass is 16.5. The molecule has 128 valence electrons. The van der Waals surface area contributed by atoms with Crippen LogP contribution >= 0.6 is 0 Å². The lowest BCUT2D eigenvalue weighted by Crippen LogP contribution is -2.52. The molecule has 3 rings (SSSR count). The van der Waals surface area contributed by atoms with Crippen molar-refractivity contribution in [3.63, 3.8) is 0 Å². The minimum atomic E-state index is 0.00504. The van der Waals surface area contributed by atoms with Gasteiger partial charge in [-0.2, -0.15) is 5.10 Å². The molecule has 0 aromatic carbocycles. The van der Waals surface area contributed by atoms with Gasteiger partial charge in [0.2, 0.25) is 5.91 Å². The Labute approximate surface area is 136 Å². The van der Waals surface area contributed by atoms with Gasteiger partial charge in [-0.25, -0.2) is 0 Å². The Hall–Kier alpha value is -1.44. The third-order valence-corrected chi connectivity index (χ3v) is 4.94. The van der Waals surface area contributed by atoms with Gasteiger partial charge in [0.1, 0.15) is 0 Å². The summed E-state index contributed by atoms with van der Waals surface area (Å²) >= 11 is 0. The molecule has 0 unspecified atom stereocenters. The average molecular weight is 322 g/mol. The van der Waals surface area contributed by atoms with Crippen molar-refractivity contribution >= 4 is 11.6 Å². The summed E-state index contributed by atoms with van der Waals surface area (Å²) < 4.78 is 7.50. The molecular weight excluding hydrogens is 296 g/mol. The lowest BCUT2D eigenvalue weighted by atomic mass is 9.82. The van der Waals surface area contributed by atoms with Crippen LogP contribution in [0.15, 0.2) is 0 Å². The van der Waals surface area contributed by atoms with Crippen molar-refractivity contribution in [1.29, 1.82) is 0 Å². The number of hydrogen-bond donors (Lipinski definition) is 3. The third kappa shape index (κ3) is 3.41. The number of morpholine rings is 1. The fourth-order valence-corrected chi connectivity index (χ4v) is 3.67. The zero-order valence-corrected chi connectivity index (χ0v) is 13.8. The van der Waals surface area contributed by atoms with Crippen LogP contribution in [0.3, 0.4) is 0 Å². The average Bonchev–Trinajstić information content (AvgIpc) is 2.82. The molecule has 2 heterocycles. The number of ether oxygens (including phenoxy) is 1. The molecule has 2 fully saturated rings. The van der Waals surface area contributed by atoms with Crippen LogP contribution in [-0.2, 0) is 16.1 Å². The van der Waals surface area contributed by atoms with Crippen molar-refractivity contribution < 1.29 is 14.6 Å². The fourth-order valence-electron chi connectivity index (χ4n) is 3.67. The van der Waals surface area contributed by atoms with Gasteiger partial charge in [0.15, 0.2) is 0 Å². The molecule has 1 saturated carbocycles. The Morgan fingerprint density at radius 1 is 1.48 bits per heavy atom. The van der Waals surface area contributed by atoms with E-state index < -0.39 is 0 Å². The van der Waals surface area contributed by atoms with Crippen LogP contribution in [0.4, 0.5) is 5.69 Å². The molecule has 1 aromatic heterocycles. The Morgan fingerprint density at radius 2 is 2.30 bits per heavy atom. The van der Waals surface area contributed by atoms with E-state index in [1.54, 1.807) is 4.68 Å². The van der Waals surface area contributed by atoms with E-state index >= 15 is 0 Å². The third-order valence-electron chi connectivity index (χ3n) is 4.94. The van der Waals surface area contributed by atoms with Gasteiger partial charge in [-0.1, -0.05) is 0 Å². The molecule has 3 atom stereocenters. The summed E-state index contributed by atoms with van der Waals surface area (Å²) in [6.45, 7) is 5.90. The number of aliphatic hydroxyl groups excluding tert-OH is 1. The molecule has 7 heteroatoms. The Morgan fingerprint density at radius 3 is 3.09 bits per heavy atom. The van der Waals surface area contributed by atoms with E-state index in [1.807, 2.05) is 13.8 Å². The summed E-state index contributed by atoms with van der Waals surface area (Å²) in [7, 11) is 0. The lowest BCUT2D eigenvalue weighted by Gasteiger charge is -2.39. The number of carbonyl (C=O) groups is 1. The van der Waals surface area contributed by atoms with Gasteiger partial charge < -0.3 is 20.5 Å². The van der Waals surface area contributed by atoms with Crippen LogP contribution in [0.5, 0.6) is 0 Å². The van der Waals surface area contributed by atoms with Gasteiger partial charge >= 0.3 is 0 Å². The molecule has 0 bridgehead atoms. The number of fused-ring (bicyclic) bond motifs is 1. The second-order valence-electron chi connectivity index (χ2n) is 6.46. The number of hydrogen-bond acceptors (Lipinski definition) is 5. The monoisotopic (exact) mass is 322 g/mol.